The number of rotatable bonds is 10. The fourth-order valence-corrected chi connectivity index (χ4v) is 1.55. The molecule has 0 heterocycles. The van der Waals surface area contributed by atoms with Crippen molar-refractivity contribution in [2.24, 2.45) is 0 Å². The molecule has 0 fully saturated rings. The topological polar surface area (TPSA) is 49.9 Å². The van der Waals surface area contributed by atoms with Crippen molar-refractivity contribution in [1.29, 1.82) is 0 Å². The van der Waals surface area contributed by atoms with E-state index in [1.807, 2.05) is 6.92 Å². The third-order valence-corrected chi connectivity index (χ3v) is 2.52. The Morgan fingerprint density at radius 3 is 2.11 bits per heavy atom. The third kappa shape index (κ3) is 7.41. The minimum absolute atomic E-state index is 0.0500. The molecular weight excluding hydrogens is 244 g/mol. The molecule has 108 valence electrons. The monoisotopic (exact) mass is 268 g/mol. The van der Waals surface area contributed by atoms with Gasteiger partial charge in [-0.15, -0.1) is 13.2 Å². The Kier molecular flexibility index (Phi) is 9.44. The summed E-state index contributed by atoms with van der Waals surface area (Å²) in [6.45, 7) is 13.1. The van der Waals surface area contributed by atoms with E-state index in [1.54, 1.807) is 28.9 Å². The predicted octanol–water partition coefficient (Wildman–Crippen LogP) is 1.07. The van der Waals surface area contributed by atoms with Crippen molar-refractivity contribution in [1.82, 2.24) is 9.80 Å². The van der Waals surface area contributed by atoms with Gasteiger partial charge in [0.15, 0.2) is 0 Å². The van der Waals surface area contributed by atoms with Crippen LogP contribution >= 0.6 is 0 Å². The highest BCUT2D eigenvalue weighted by Crippen LogP contribution is 1.97. The lowest BCUT2D eigenvalue weighted by molar-refractivity contribution is -0.145. The minimum Gasteiger partial charge on any atom is -0.465 e. The van der Waals surface area contributed by atoms with Crippen LogP contribution in [0.3, 0.4) is 0 Å². The molecule has 0 aliphatic rings. The Morgan fingerprint density at radius 1 is 1.11 bits per heavy atom. The highest BCUT2D eigenvalue weighted by molar-refractivity contribution is 5.79. The summed E-state index contributed by atoms with van der Waals surface area (Å²) in [7, 11) is 0. The standard InChI is InChI=1S/C14H24N2O3/c1-5-9-16(10-6-2)13(17)11-15(7-3)12-14(18)19-8-4/h5-6H,1-2,7-12H2,3-4H3. The molecule has 0 radical (unpaired) electrons. The van der Waals surface area contributed by atoms with E-state index in [-0.39, 0.29) is 25.0 Å². The maximum absolute atomic E-state index is 12.1. The number of esters is 1. The summed E-state index contributed by atoms with van der Waals surface area (Å²) >= 11 is 0. The Balaban J connectivity index is 4.41. The zero-order chi connectivity index (χ0) is 14.7. The quantitative estimate of drug-likeness (QED) is 0.439. The van der Waals surface area contributed by atoms with E-state index in [4.69, 9.17) is 4.74 Å². The maximum atomic E-state index is 12.1. The second kappa shape index (κ2) is 10.3. The van der Waals surface area contributed by atoms with Gasteiger partial charge in [0.25, 0.3) is 0 Å². The summed E-state index contributed by atoms with van der Waals surface area (Å²) in [5, 5.41) is 0. The summed E-state index contributed by atoms with van der Waals surface area (Å²) < 4.78 is 4.87. The van der Waals surface area contributed by atoms with E-state index < -0.39 is 0 Å². The van der Waals surface area contributed by atoms with E-state index in [2.05, 4.69) is 13.2 Å². The molecule has 0 aliphatic heterocycles. The van der Waals surface area contributed by atoms with Crippen molar-refractivity contribution in [3.8, 4) is 0 Å². The number of nitrogens with zero attached hydrogens (tertiary/aromatic N) is 2. The highest BCUT2D eigenvalue weighted by atomic mass is 16.5. The second-order valence-electron chi connectivity index (χ2n) is 3.98. The van der Waals surface area contributed by atoms with Crippen LogP contribution in [0.15, 0.2) is 25.3 Å². The molecule has 0 N–H and O–H groups in total. The molecule has 0 saturated carbocycles. The summed E-state index contributed by atoms with van der Waals surface area (Å²) in [6.07, 6.45) is 3.34. The molecule has 0 bridgehead atoms. The molecule has 0 aromatic heterocycles. The Labute approximate surface area is 115 Å². The summed E-state index contributed by atoms with van der Waals surface area (Å²) in [5.74, 6) is -0.359. The van der Waals surface area contributed by atoms with Gasteiger partial charge in [0.05, 0.1) is 19.7 Å². The van der Waals surface area contributed by atoms with Gasteiger partial charge in [-0.3, -0.25) is 14.5 Å². The number of amides is 1. The second-order valence-corrected chi connectivity index (χ2v) is 3.98. The van der Waals surface area contributed by atoms with Crippen LogP contribution in [0.4, 0.5) is 0 Å². The number of carbonyl (C=O) groups excluding carboxylic acids is 2. The summed E-state index contributed by atoms with van der Waals surface area (Å²) in [5.41, 5.74) is 0. The molecular formula is C14H24N2O3. The molecule has 0 aromatic rings. The first-order valence-electron chi connectivity index (χ1n) is 6.46. The van der Waals surface area contributed by atoms with Gasteiger partial charge >= 0.3 is 5.97 Å². The van der Waals surface area contributed by atoms with Crippen molar-refractivity contribution < 1.29 is 14.3 Å². The largest absolute Gasteiger partial charge is 0.465 e. The van der Waals surface area contributed by atoms with E-state index in [0.29, 0.717) is 26.2 Å². The average molecular weight is 268 g/mol. The average Bonchev–Trinajstić information content (AvgIpc) is 2.37. The van der Waals surface area contributed by atoms with Crippen molar-refractivity contribution in [2.75, 3.05) is 39.3 Å². The molecule has 19 heavy (non-hydrogen) atoms. The van der Waals surface area contributed by atoms with Crippen LogP contribution in [0.1, 0.15) is 13.8 Å². The Hall–Kier alpha value is -1.62. The van der Waals surface area contributed by atoms with Crippen LogP contribution in [0.5, 0.6) is 0 Å². The van der Waals surface area contributed by atoms with E-state index in [0.717, 1.165) is 0 Å². The fraction of sp³-hybridized carbons (Fsp3) is 0.571. The molecule has 1 amide bonds. The minimum atomic E-state index is -0.309. The number of likely N-dealkylation sites (N-methyl/N-ethyl adjacent to an activating group) is 1. The third-order valence-electron chi connectivity index (χ3n) is 2.52. The zero-order valence-electron chi connectivity index (χ0n) is 11.9. The van der Waals surface area contributed by atoms with Gasteiger partial charge in [-0.2, -0.15) is 0 Å². The van der Waals surface area contributed by atoms with Gasteiger partial charge in [-0.1, -0.05) is 19.1 Å². The SMILES string of the molecule is C=CCN(CC=C)C(=O)CN(CC)CC(=O)OCC. The first kappa shape index (κ1) is 17.4. The number of hydrogen-bond donors (Lipinski definition) is 0. The lowest BCUT2D eigenvalue weighted by Crippen LogP contribution is -2.42. The molecule has 0 aromatic carbocycles. The van der Waals surface area contributed by atoms with Gasteiger partial charge in [-0.25, -0.2) is 0 Å². The van der Waals surface area contributed by atoms with Gasteiger partial charge in [0.1, 0.15) is 0 Å². The number of ether oxygens (including phenoxy) is 1. The van der Waals surface area contributed by atoms with Crippen LogP contribution in [0.25, 0.3) is 0 Å². The molecule has 0 saturated heterocycles. The van der Waals surface area contributed by atoms with Crippen molar-refractivity contribution in [3.63, 3.8) is 0 Å². The smallest absolute Gasteiger partial charge is 0.320 e. The normalized spacial score (nSPS) is 10.1. The molecule has 5 heteroatoms. The first-order valence-corrected chi connectivity index (χ1v) is 6.46. The van der Waals surface area contributed by atoms with Crippen molar-refractivity contribution in [2.45, 2.75) is 13.8 Å². The lowest BCUT2D eigenvalue weighted by Gasteiger charge is -2.24. The zero-order valence-corrected chi connectivity index (χ0v) is 11.9. The fourth-order valence-electron chi connectivity index (χ4n) is 1.55. The van der Waals surface area contributed by atoms with Crippen LogP contribution in [0.2, 0.25) is 0 Å². The lowest BCUT2D eigenvalue weighted by atomic mass is 10.3. The Bertz CT molecular complexity index is 306. The molecule has 0 rings (SSSR count). The number of carbonyl (C=O) groups is 2. The van der Waals surface area contributed by atoms with Crippen LogP contribution in [-0.2, 0) is 14.3 Å². The van der Waals surface area contributed by atoms with Gasteiger partial charge in [0, 0.05) is 13.1 Å². The van der Waals surface area contributed by atoms with E-state index in [1.165, 1.54) is 0 Å². The molecule has 0 spiro atoms. The first-order chi connectivity index (χ1) is 9.08. The van der Waals surface area contributed by atoms with Crippen LogP contribution in [0, 0.1) is 0 Å². The molecule has 0 atom stereocenters. The molecule has 0 aliphatic carbocycles. The van der Waals surface area contributed by atoms with Crippen LogP contribution < -0.4 is 0 Å². The van der Waals surface area contributed by atoms with Gasteiger partial charge < -0.3 is 9.64 Å². The highest BCUT2D eigenvalue weighted by Gasteiger charge is 2.17. The van der Waals surface area contributed by atoms with Crippen LogP contribution in [-0.4, -0.2) is 61.0 Å². The van der Waals surface area contributed by atoms with E-state index in [9.17, 15) is 9.59 Å². The van der Waals surface area contributed by atoms with Crippen molar-refractivity contribution >= 4 is 11.9 Å². The van der Waals surface area contributed by atoms with Crippen molar-refractivity contribution in [3.05, 3.63) is 25.3 Å². The number of hydrogen-bond acceptors (Lipinski definition) is 4. The van der Waals surface area contributed by atoms with E-state index >= 15 is 0 Å². The van der Waals surface area contributed by atoms with Gasteiger partial charge in [-0.05, 0) is 13.5 Å². The maximum Gasteiger partial charge on any atom is 0.320 e. The predicted molar refractivity (Wildman–Crippen MR) is 75.7 cm³/mol. The summed E-state index contributed by atoms with van der Waals surface area (Å²) in [4.78, 5) is 26.8. The Morgan fingerprint density at radius 2 is 1.68 bits per heavy atom. The summed E-state index contributed by atoms with van der Waals surface area (Å²) in [6, 6.07) is 0. The van der Waals surface area contributed by atoms with Gasteiger partial charge in [0.2, 0.25) is 5.91 Å². The molecule has 5 nitrogen and oxygen atoms in total. The molecule has 0 unspecified atom stereocenters.